The van der Waals surface area contributed by atoms with E-state index in [1.165, 1.54) is 5.56 Å². The van der Waals surface area contributed by atoms with Crippen LogP contribution in [0.25, 0.3) is 0 Å². The Hall–Kier alpha value is -2.88. The highest BCUT2D eigenvalue weighted by molar-refractivity contribution is 5.80. The van der Waals surface area contributed by atoms with Crippen molar-refractivity contribution < 1.29 is 14.3 Å². The molecule has 1 heterocycles. The van der Waals surface area contributed by atoms with Crippen LogP contribution in [-0.4, -0.2) is 43.2 Å². The van der Waals surface area contributed by atoms with E-state index in [0.717, 1.165) is 38.4 Å². The van der Waals surface area contributed by atoms with Gasteiger partial charge in [0.05, 0.1) is 24.8 Å². The fraction of sp³-hybridized carbons (Fsp3) is 0.364. The molecule has 1 aliphatic heterocycles. The number of nitriles is 1. The van der Waals surface area contributed by atoms with Gasteiger partial charge >= 0.3 is 0 Å². The summed E-state index contributed by atoms with van der Waals surface area (Å²) in [4.78, 5) is 14.8. The van der Waals surface area contributed by atoms with Crippen LogP contribution >= 0.6 is 0 Å². The second-order valence-electron chi connectivity index (χ2n) is 6.77. The van der Waals surface area contributed by atoms with Gasteiger partial charge in [0, 0.05) is 26.2 Å². The zero-order valence-corrected chi connectivity index (χ0v) is 16.1. The second-order valence-corrected chi connectivity index (χ2v) is 6.77. The largest absolute Gasteiger partial charge is 0.481 e. The SMILES string of the molecule is CC(Oc1ccc(C#N)cc1)C(=O)NCc1ccccc1CN1CCOCC1. The zero-order chi connectivity index (χ0) is 19.8. The van der Waals surface area contributed by atoms with Crippen molar-refractivity contribution in [2.45, 2.75) is 26.1 Å². The maximum absolute atomic E-state index is 12.4. The van der Waals surface area contributed by atoms with Gasteiger partial charge in [0.25, 0.3) is 5.91 Å². The summed E-state index contributed by atoms with van der Waals surface area (Å²) in [5, 5.41) is 11.8. The summed E-state index contributed by atoms with van der Waals surface area (Å²) in [6.45, 7) is 6.42. The van der Waals surface area contributed by atoms with Crippen LogP contribution in [0.1, 0.15) is 23.6 Å². The van der Waals surface area contributed by atoms with Crippen molar-refractivity contribution in [1.29, 1.82) is 5.26 Å². The number of hydrogen-bond acceptors (Lipinski definition) is 5. The van der Waals surface area contributed by atoms with E-state index in [0.29, 0.717) is 17.9 Å². The second kappa shape index (κ2) is 9.88. The van der Waals surface area contributed by atoms with E-state index in [9.17, 15) is 4.79 Å². The molecule has 0 aromatic heterocycles. The normalized spacial score (nSPS) is 15.4. The minimum atomic E-state index is -0.626. The molecule has 1 atom stereocenters. The highest BCUT2D eigenvalue weighted by Gasteiger charge is 2.16. The summed E-state index contributed by atoms with van der Waals surface area (Å²) in [6.07, 6.45) is -0.626. The number of amides is 1. The number of morpholine rings is 1. The van der Waals surface area contributed by atoms with Gasteiger partial charge < -0.3 is 14.8 Å². The summed E-state index contributed by atoms with van der Waals surface area (Å²) in [7, 11) is 0. The zero-order valence-electron chi connectivity index (χ0n) is 16.1. The number of carbonyl (C=O) groups is 1. The van der Waals surface area contributed by atoms with Gasteiger partial charge in [-0.25, -0.2) is 0 Å². The van der Waals surface area contributed by atoms with Crippen LogP contribution in [0, 0.1) is 11.3 Å². The van der Waals surface area contributed by atoms with Crippen molar-refractivity contribution in [3.05, 3.63) is 65.2 Å². The van der Waals surface area contributed by atoms with Gasteiger partial charge in [-0.05, 0) is 42.3 Å². The number of nitrogens with zero attached hydrogens (tertiary/aromatic N) is 2. The van der Waals surface area contributed by atoms with Gasteiger partial charge in [0.15, 0.2) is 6.10 Å². The van der Waals surface area contributed by atoms with Crippen LogP contribution in [-0.2, 0) is 22.6 Å². The lowest BCUT2D eigenvalue weighted by Crippen LogP contribution is -2.37. The van der Waals surface area contributed by atoms with E-state index in [-0.39, 0.29) is 5.91 Å². The summed E-state index contributed by atoms with van der Waals surface area (Å²) in [5.41, 5.74) is 2.87. The average molecular weight is 379 g/mol. The molecule has 0 bridgehead atoms. The first-order valence-electron chi connectivity index (χ1n) is 9.47. The maximum Gasteiger partial charge on any atom is 0.261 e. The summed E-state index contributed by atoms with van der Waals surface area (Å²) in [6, 6.07) is 16.9. The van der Waals surface area contributed by atoms with Crippen molar-refractivity contribution in [3.8, 4) is 11.8 Å². The molecule has 146 valence electrons. The van der Waals surface area contributed by atoms with Crippen LogP contribution in [0.15, 0.2) is 48.5 Å². The smallest absolute Gasteiger partial charge is 0.261 e. The van der Waals surface area contributed by atoms with Crippen LogP contribution < -0.4 is 10.1 Å². The number of rotatable bonds is 7. The third-order valence-corrected chi connectivity index (χ3v) is 4.73. The van der Waals surface area contributed by atoms with Gasteiger partial charge in [-0.3, -0.25) is 9.69 Å². The number of carbonyl (C=O) groups excluding carboxylic acids is 1. The van der Waals surface area contributed by atoms with Gasteiger partial charge in [-0.2, -0.15) is 5.26 Å². The van der Waals surface area contributed by atoms with Crippen molar-refractivity contribution >= 4 is 5.91 Å². The Morgan fingerprint density at radius 2 is 1.86 bits per heavy atom. The first-order chi connectivity index (χ1) is 13.7. The monoisotopic (exact) mass is 379 g/mol. The number of hydrogen-bond donors (Lipinski definition) is 1. The Bertz CT molecular complexity index is 824. The minimum absolute atomic E-state index is 0.175. The molecule has 0 aliphatic carbocycles. The fourth-order valence-electron chi connectivity index (χ4n) is 3.08. The Labute approximate surface area is 165 Å². The lowest BCUT2D eigenvalue weighted by molar-refractivity contribution is -0.127. The molecule has 1 unspecified atom stereocenters. The van der Waals surface area contributed by atoms with Gasteiger partial charge in [0.1, 0.15) is 5.75 Å². The molecule has 0 spiro atoms. The van der Waals surface area contributed by atoms with E-state index in [2.05, 4.69) is 22.4 Å². The number of benzene rings is 2. The van der Waals surface area contributed by atoms with Crippen molar-refractivity contribution in [2.24, 2.45) is 0 Å². The molecule has 1 aliphatic rings. The molecular formula is C22H25N3O3. The molecule has 1 saturated heterocycles. The van der Waals surface area contributed by atoms with Crippen molar-refractivity contribution in [1.82, 2.24) is 10.2 Å². The third kappa shape index (κ3) is 5.56. The molecule has 0 radical (unpaired) electrons. The lowest BCUT2D eigenvalue weighted by atomic mass is 10.1. The molecule has 2 aromatic carbocycles. The molecule has 1 N–H and O–H groups in total. The molecule has 1 amide bonds. The molecular weight excluding hydrogens is 354 g/mol. The molecule has 6 nitrogen and oxygen atoms in total. The van der Waals surface area contributed by atoms with E-state index < -0.39 is 6.10 Å². The van der Waals surface area contributed by atoms with E-state index in [1.54, 1.807) is 31.2 Å². The van der Waals surface area contributed by atoms with E-state index >= 15 is 0 Å². The Kier molecular flexibility index (Phi) is 7.01. The van der Waals surface area contributed by atoms with Crippen LogP contribution in [0.4, 0.5) is 0 Å². The topological polar surface area (TPSA) is 74.6 Å². The van der Waals surface area contributed by atoms with Gasteiger partial charge in [-0.15, -0.1) is 0 Å². The third-order valence-electron chi connectivity index (χ3n) is 4.73. The lowest BCUT2D eigenvalue weighted by Gasteiger charge is -2.27. The quantitative estimate of drug-likeness (QED) is 0.800. The maximum atomic E-state index is 12.4. The number of ether oxygens (including phenoxy) is 2. The first kappa shape index (κ1) is 19.9. The van der Waals surface area contributed by atoms with Crippen molar-refractivity contribution in [3.63, 3.8) is 0 Å². The summed E-state index contributed by atoms with van der Waals surface area (Å²) >= 11 is 0. The molecule has 28 heavy (non-hydrogen) atoms. The van der Waals surface area contributed by atoms with E-state index in [1.807, 2.05) is 18.2 Å². The minimum Gasteiger partial charge on any atom is -0.481 e. The van der Waals surface area contributed by atoms with Crippen molar-refractivity contribution in [2.75, 3.05) is 26.3 Å². The molecule has 2 aromatic rings. The standard InChI is InChI=1S/C22H25N3O3/c1-17(28-21-8-6-18(14-23)7-9-21)22(26)24-15-19-4-2-3-5-20(19)16-25-10-12-27-13-11-25/h2-9,17H,10-13,15-16H2,1H3,(H,24,26). The highest BCUT2D eigenvalue weighted by atomic mass is 16.5. The molecule has 6 heteroatoms. The predicted octanol–water partition coefficient (Wildman–Crippen LogP) is 2.47. The summed E-state index contributed by atoms with van der Waals surface area (Å²) in [5.74, 6) is 0.389. The van der Waals surface area contributed by atoms with Gasteiger partial charge in [0.2, 0.25) is 0 Å². The molecule has 1 fully saturated rings. The predicted molar refractivity (Wildman–Crippen MR) is 106 cm³/mol. The molecule has 3 rings (SSSR count). The average Bonchev–Trinajstić information content (AvgIpc) is 2.74. The summed E-state index contributed by atoms with van der Waals surface area (Å²) < 4.78 is 11.1. The van der Waals surface area contributed by atoms with Crippen LogP contribution in [0.5, 0.6) is 5.75 Å². The fourth-order valence-corrected chi connectivity index (χ4v) is 3.08. The first-order valence-corrected chi connectivity index (χ1v) is 9.47. The van der Waals surface area contributed by atoms with Gasteiger partial charge in [-0.1, -0.05) is 24.3 Å². The Morgan fingerprint density at radius 3 is 2.54 bits per heavy atom. The Balaban J connectivity index is 1.54. The van der Waals surface area contributed by atoms with Crippen LogP contribution in [0.2, 0.25) is 0 Å². The van der Waals surface area contributed by atoms with Crippen LogP contribution in [0.3, 0.4) is 0 Å². The highest BCUT2D eigenvalue weighted by Crippen LogP contribution is 2.15. The number of nitrogens with one attached hydrogen (secondary N) is 1. The van der Waals surface area contributed by atoms with E-state index in [4.69, 9.17) is 14.7 Å². The Morgan fingerprint density at radius 1 is 1.18 bits per heavy atom. The molecule has 0 saturated carbocycles.